The minimum Gasteiger partial charge on any atom is -0.497 e. The van der Waals surface area contributed by atoms with Crippen LogP contribution in [0, 0.1) is 0 Å². The maximum atomic E-state index is 5.93. The molecule has 0 radical (unpaired) electrons. The third kappa shape index (κ3) is 3.26. The fraction of sp³-hybridized carbons (Fsp3) is 0.250. The van der Waals surface area contributed by atoms with Crippen LogP contribution in [0.5, 0.6) is 17.2 Å². The number of aryl methyl sites for hydroxylation is 1. The van der Waals surface area contributed by atoms with E-state index in [-0.39, 0.29) is 0 Å². The second-order valence-corrected chi connectivity index (χ2v) is 4.28. The third-order valence-corrected chi connectivity index (χ3v) is 3.03. The van der Waals surface area contributed by atoms with Crippen molar-refractivity contribution in [1.29, 1.82) is 0 Å². The quantitative estimate of drug-likeness (QED) is 0.891. The lowest BCUT2D eigenvalue weighted by Gasteiger charge is -2.12. The van der Waals surface area contributed by atoms with E-state index in [0.29, 0.717) is 6.54 Å². The lowest BCUT2D eigenvalue weighted by molar-refractivity contribution is 0.408. The standard InChI is InChI=1S/C16H19NO2/c1-3-12-5-4-6-15(9-12)19-16-10-14(18-2)8-7-13(16)11-17/h4-10H,3,11,17H2,1-2H3. The number of nitrogens with two attached hydrogens (primary N) is 1. The van der Waals surface area contributed by atoms with Crippen molar-refractivity contribution in [2.24, 2.45) is 5.73 Å². The van der Waals surface area contributed by atoms with E-state index in [9.17, 15) is 0 Å². The Labute approximate surface area is 114 Å². The predicted octanol–water partition coefficient (Wildman–Crippen LogP) is 3.51. The Hall–Kier alpha value is -2.00. The van der Waals surface area contributed by atoms with Gasteiger partial charge in [-0.25, -0.2) is 0 Å². The summed E-state index contributed by atoms with van der Waals surface area (Å²) in [4.78, 5) is 0. The second-order valence-electron chi connectivity index (χ2n) is 4.28. The van der Waals surface area contributed by atoms with Crippen LogP contribution in [-0.2, 0) is 13.0 Å². The summed E-state index contributed by atoms with van der Waals surface area (Å²) < 4.78 is 11.1. The first kappa shape index (κ1) is 13.4. The van der Waals surface area contributed by atoms with Gasteiger partial charge in [-0.2, -0.15) is 0 Å². The maximum absolute atomic E-state index is 5.93. The van der Waals surface area contributed by atoms with Gasteiger partial charge < -0.3 is 15.2 Å². The predicted molar refractivity (Wildman–Crippen MR) is 76.8 cm³/mol. The van der Waals surface area contributed by atoms with Gasteiger partial charge in [0, 0.05) is 18.2 Å². The Morgan fingerprint density at radius 3 is 2.58 bits per heavy atom. The van der Waals surface area contributed by atoms with E-state index in [1.807, 2.05) is 36.4 Å². The lowest BCUT2D eigenvalue weighted by atomic mass is 10.1. The number of benzene rings is 2. The third-order valence-electron chi connectivity index (χ3n) is 3.03. The molecule has 2 rings (SSSR count). The fourth-order valence-electron chi connectivity index (χ4n) is 1.88. The molecule has 0 aliphatic carbocycles. The second kappa shape index (κ2) is 6.25. The molecule has 0 aromatic heterocycles. The summed E-state index contributed by atoms with van der Waals surface area (Å²) in [5.41, 5.74) is 7.94. The monoisotopic (exact) mass is 257 g/mol. The minimum atomic E-state index is 0.437. The van der Waals surface area contributed by atoms with Crippen molar-refractivity contribution in [1.82, 2.24) is 0 Å². The van der Waals surface area contributed by atoms with Crippen LogP contribution in [0.2, 0.25) is 0 Å². The van der Waals surface area contributed by atoms with Crippen LogP contribution in [0.15, 0.2) is 42.5 Å². The van der Waals surface area contributed by atoms with Gasteiger partial charge in [0.1, 0.15) is 17.2 Å². The first-order valence-corrected chi connectivity index (χ1v) is 6.40. The smallest absolute Gasteiger partial charge is 0.135 e. The van der Waals surface area contributed by atoms with Crippen LogP contribution in [0.1, 0.15) is 18.1 Å². The molecule has 2 N–H and O–H groups in total. The molecule has 0 aliphatic heterocycles. The molecule has 2 aromatic carbocycles. The van der Waals surface area contributed by atoms with Crippen molar-refractivity contribution in [2.75, 3.05) is 7.11 Å². The van der Waals surface area contributed by atoms with Crippen molar-refractivity contribution >= 4 is 0 Å². The van der Waals surface area contributed by atoms with Crippen LogP contribution < -0.4 is 15.2 Å². The number of hydrogen-bond acceptors (Lipinski definition) is 3. The zero-order valence-corrected chi connectivity index (χ0v) is 11.3. The molecule has 0 bridgehead atoms. The van der Waals surface area contributed by atoms with Gasteiger partial charge >= 0.3 is 0 Å². The van der Waals surface area contributed by atoms with Gasteiger partial charge in [-0.05, 0) is 30.2 Å². The molecule has 0 amide bonds. The number of methoxy groups -OCH3 is 1. The van der Waals surface area contributed by atoms with Crippen LogP contribution in [0.4, 0.5) is 0 Å². The highest BCUT2D eigenvalue weighted by Crippen LogP contribution is 2.29. The Bertz CT molecular complexity index is 552. The van der Waals surface area contributed by atoms with E-state index in [1.165, 1.54) is 5.56 Å². The van der Waals surface area contributed by atoms with Gasteiger partial charge in [0.05, 0.1) is 7.11 Å². The molecular formula is C16H19NO2. The molecule has 0 atom stereocenters. The molecule has 3 nitrogen and oxygen atoms in total. The summed E-state index contributed by atoms with van der Waals surface area (Å²) in [5.74, 6) is 2.33. The van der Waals surface area contributed by atoms with Crippen LogP contribution >= 0.6 is 0 Å². The summed E-state index contributed by atoms with van der Waals surface area (Å²) >= 11 is 0. The topological polar surface area (TPSA) is 44.5 Å². The molecule has 0 aliphatic rings. The molecule has 0 fully saturated rings. The van der Waals surface area contributed by atoms with Crippen molar-refractivity contribution < 1.29 is 9.47 Å². The highest BCUT2D eigenvalue weighted by Gasteiger charge is 2.06. The number of ether oxygens (including phenoxy) is 2. The fourth-order valence-corrected chi connectivity index (χ4v) is 1.88. The molecule has 0 unspecified atom stereocenters. The molecular weight excluding hydrogens is 238 g/mol. The largest absolute Gasteiger partial charge is 0.497 e. The number of hydrogen-bond donors (Lipinski definition) is 1. The van der Waals surface area contributed by atoms with E-state index in [0.717, 1.165) is 29.2 Å². The molecule has 2 aromatic rings. The first-order valence-electron chi connectivity index (χ1n) is 6.40. The Morgan fingerprint density at radius 1 is 1.05 bits per heavy atom. The Balaban J connectivity index is 2.30. The zero-order valence-electron chi connectivity index (χ0n) is 11.3. The van der Waals surface area contributed by atoms with Gasteiger partial charge in [0.15, 0.2) is 0 Å². The number of rotatable bonds is 5. The summed E-state index contributed by atoms with van der Waals surface area (Å²) in [6, 6.07) is 13.7. The molecule has 100 valence electrons. The van der Waals surface area contributed by atoms with E-state index in [1.54, 1.807) is 7.11 Å². The highest BCUT2D eigenvalue weighted by molar-refractivity contribution is 5.43. The van der Waals surface area contributed by atoms with E-state index in [2.05, 4.69) is 13.0 Å². The van der Waals surface area contributed by atoms with Gasteiger partial charge in [0.25, 0.3) is 0 Å². The van der Waals surface area contributed by atoms with Crippen LogP contribution in [0.3, 0.4) is 0 Å². The van der Waals surface area contributed by atoms with E-state index < -0.39 is 0 Å². The van der Waals surface area contributed by atoms with E-state index in [4.69, 9.17) is 15.2 Å². The van der Waals surface area contributed by atoms with Gasteiger partial charge in [-0.1, -0.05) is 25.1 Å². The first-order chi connectivity index (χ1) is 9.26. The van der Waals surface area contributed by atoms with Gasteiger partial charge in [-0.3, -0.25) is 0 Å². The van der Waals surface area contributed by atoms with Crippen molar-refractivity contribution in [3.63, 3.8) is 0 Å². The molecule has 3 heteroatoms. The molecule has 0 saturated heterocycles. The average molecular weight is 257 g/mol. The summed E-state index contributed by atoms with van der Waals surface area (Å²) in [6.07, 6.45) is 0.985. The lowest BCUT2D eigenvalue weighted by Crippen LogP contribution is -2.00. The summed E-state index contributed by atoms with van der Waals surface area (Å²) in [5, 5.41) is 0. The molecule has 19 heavy (non-hydrogen) atoms. The van der Waals surface area contributed by atoms with Crippen LogP contribution in [-0.4, -0.2) is 7.11 Å². The zero-order chi connectivity index (χ0) is 13.7. The van der Waals surface area contributed by atoms with Gasteiger partial charge in [0.2, 0.25) is 0 Å². The highest BCUT2D eigenvalue weighted by atomic mass is 16.5. The van der Waals surface area contributed by atoms with Gasteiger partial charge in [-0.15, -0.1) is 0 Å². The summed E-state index contributed by atoms with van der Waals surface area (Å²) in [7, 11) is 1.64. The minimum absolute atomic E-state index is 0.437. The molecule has 0 heterocycles. The molecule has 0 spiro atoms. The van der Waals surface area contributed by atoms with E-state index >= 15 is 0 Å². The Morgan fingerprint density at radius 2 is 1.89 bits per heavy atom. The van der Waals surface area contributed by atoms with Crippen molar-refractivity contribution in [2.45, 2.75) is 19.9 Å². The van der Waals surface area contributed by atoms with Crippen molar-refractivity contribution in [3.05, 3.63) is 53.6 Å². The van der Waals surface area contributed by atoms with Crippen molar-refractivity contribution in [3.8, 4) is 17.2 Å². The SMILES string of the molecule is CCc1cccc(Oc2cc(OC)ccc2CN)c1. The Kier molecular flexibility index (Phi) is 4.42. The average Bonchev–Trinajstić information content (AvgIpc) is 2.47. The molecule has 0 saturated carbocycles. The maximum Gasteiger partial charge on any atom is 0.135 e. The van der Waals surface area contributed by atoms with Crippen LogP contribution in [0.25, 0.3) is 0 Å². The normalized spacial score (nSPS) is 10.3. The summed E-state index contributed by atoms with van der Waals surface area (Å²) in [6.45, 7) is 2.56.